The van der Waals surface area contributed by atoms with E-state index in [1.54, 1.807) is 13.2 Å². The van der Waals surface area contributed by atoms with E-state index in [0.29, 0.717) is 11.3 Å². The molecule has 0 spiro atoms. The number of hydrogen-bond donors (Lipinski definition) is 1. The molecule has 142 valence electrons. The standard InChI is InChI=1S/C24H19N3O2/c1-15-23(20-9-5-7-16-6-3-4-8-19(16)20)24-25-21(14-22(28)27(24)26-15)17-10-12-18(29-2)13-11-17/h3-14,26H,1-2H3. The molecule has 2 aromatic heterocycles. The van der Waals surface area contributed by atoms with Gasteiger partial charge in [-0.3, -0.25) is 9.89 Å². The zero-order valence-electron chi connectivity index (χ0n) is 16.1. The Hall–Kier alpha value is -3.86. The van der Waals surface area contributed by atoms with Crippen molar-refractivity contribution in [1.82, 2.24) is 14.6 Å². The summed E-state index contributed by atoms with van der Waals surface area (Å²) in [5.41, 5.74) is 4.88. The van der Waals surface area contributed by atoms with Crippen molar-refractivity contribution in [1.29, 1.82) is 0 Å². The first-order valence-corrected chi connectivity index (χ1v) is 9.40. The molecule has 0 amide bonds. The lowest BCUT2D eigenvalue weighted by atomic mass is 9.98. The fourth-order valence-corrected chi connectivity index (χ4v) is 3.82. The summed E-state index contributed by atoms with van der Waals surface area (Å²) in [7, 11) is 1.63. The number of rotatable bonds is 3. The molecule has 0 aliphatic carbocycles. The van der Waals surface area contributed by atoms with Crippen LogP contribution in [0.4, 0.5) is 0 Å². The van der Waals surface area contributed by atoms with Crippen molar-refractivity contribution in [2.24, 2.45) is 0 Å². The minimum atomic E-state index is -0.143. The van der Waals surface area contributed by atoms with Crippen LogP contribution in [-0.2, 0) is 0 Å². The van der Waals surface area contributed by atoms with Gasteiger partial charge in [0, 0.05) is 22.9 Å². The van der Waals surface area contributed by atoms with Gasteiger partial charge in [0.05, 0.1) is 12.8 Å². The summed E-state index contributed by atoms with van der Waals surface area (Å²) in [5.74, 6) is 0.764. The molecule has 0 radical (unpaired) electrons. The zero-order chi connectivity index (χ0) is 20.0. The number of H-pyrrole nitrogens is 1. The minimum absolute atomic E-state index is 0.143. The van der Waals surface area contributed by atoms with E-state index in [9.17, 15) is 4.79 Å². The number of benzene rings is 3. The van der Waals surface area contributed by atoms with Gasteiger partial charge in [-0.15, -0.1) is 0 Å². The van der Waals surface area contributed by atoms with Crippen LogP contribution in [-0.4, -0.2) is 21.7 Å². The molecule has 5 heteroatoms. The van der Waals surface area contributed by atoms with Crippen molar-refractivity contribution in [2.45, 2.75) is 6.92 Å². The zero-order valence-corrected chi connectivity index (χ0v) is 16.1. The topological polar surface area (TPSA) is 59.4 Å². The van der Waals surface area contributed by atoms with E-state index in [-0.39, 0.29) is 5.56 Å². The SMILES string of the molecule is COc1ccc(-c2cc(=O)n3[nH]c(C)c(-c4cccc5ccccc45)c3n2)cc1. The molecule has 3 aromatic carbocycles. The number of ether oxygens (including phenoxy) is 1. The second-order valence-electron chi connectivity index (χ2n) is 7.01. The molecule has 0 saturated carbocycles. The number of aromatic nitrogens is 3. The van der Waals surface area contributed by atoms with E-state index in [2.05, 4.69) is 29.4 Å². The van der Waals surface area contributed by atoms with E-state index in [0.717, 1.165) is 38.9 Å². The molecule has 2 heterocycles. The molecule has 0 saturated heterocycles. The number of methoxy groups -OCH3 is 1. The molecule has 29 heavy (non-hydrogen) atoms. The predicted octanol–water partition coefficient (Wildman–Crippen LogP) is 4.83. The highest BCUT2D eigenvalue weighted by atomic mass is 16.5. The molecule has 0 atom stereocenters. The van der Waals surface area contributed by atoms with Crippen molar-refractivity contribution in [3.8, 4) is 28.1 Å². The predicted molar refractivity (Wildman–Crippen MR) is 115 cm³/mol. The van der Waals surface area contributed by atoms with Crippen LogP contribution in [0, 0.1) is 6.92 Å². The molecular formula is C24H19N3O2. The summed E-state index contributed by atoms with van der Waals surface area (Å²) >= 11 is 0. The highest BCUT2D eigenvalue weighted by Gasteiger charge is 2.17. The first-order chi connectivity index (χ1) is 14.2. The fourth-order valence-electron chi connectivity index (χ4n) is 3.82. The fraction of sp³-hybridized carbons (Fsp3) is 0.0833. The summed E-state index contributed by atoms with van der Waals surface area (Å²) in [4.78, 5) is 17.7. The lowest BCUT2D eigenvalue weighted by molar-refractivity contribution is 0.415. The second kappa shape index (κ2) is 6.63. The molecule has 5 aromatic rings. The van der Waals surface area contributed by atoms with Crippen molar-refractivity contribution in [3.05, 3.63) is 88.8 Å². The van der Waals surface area contributed by atoms with Crippen LogP contribution < -0.4 is 10.3 Å². The van der Waals surface area contributed by atoms with Gasteiger partial charge >= 0.3 is 0 Å². The molecule has 5 rings (SSSR count). The van der Waals surface area contributed by atoms with Gasteiger partial charge in [0.2, 0.25) is 0 Å². The van der Waals surface area contributed by atoms with E-state index in [4.69, 9.17) is 9.72 Å². The molecule has 5 nitrogen and oxygen atoms in total. The third kappa shape index (κ3) is 2.79. The Morgan fingerprint density at radius 1 is 0.966 bits per heavy atom. The maximum Gasteiger partial charge on any atom is 0.273 e. The van der Waals surface area contributed by atoms with E-state index >= 15 is 0 Å². The van der Waals surface area contributed by atoms with Crippen LogP contribution in [0.5, 0.6) is 5.75 Å². The van der Waals surface area contributed by atoms with Crippen molar-refractivity contribution < 1.29 is 4.74 Å². The maximum atomic E-state index is 12.8. The van der Waals surface area contributed by atoms with Crippen LogP contribution in [0.25, 0.3) is 38.8 Å². The maximum absolute atomic E-state index is 12.8. The van der Waals surface area contributed by atoms with Gasteiger partial charge < -0.3 is 4.74 Å². The molecule has 0 bridgehead atoms. The van der Waals surface area contributed by atoms with Gasteiger partial charge in [-0.1, -0.05) is 42.5 Å². The summed E-state index contributed by atoms with van der Waals surface area (Å²) in [6, 6.07) is 23.5. The third-order valence-electron chi connectivity index (χ3n) is 5.24. The summed E-state index contributed by atoms with van der Waals surface area (Å²) in [5, 5.41) is 5.46. The Kier molecular flexibility index (Phi) is 3.95. The average Bonchev–Trinajstić information content (AvgIpc) is 3.09. The summed E-state index contributed by atoms with van der Waals surface area (Å²) < 4.78 is 6.74. The lowest BCUT2D eigenvalue weighted by Crippen LogP contribution is -2.14. The van der Waals surface area contributed by atoms with Crippen LogP contribution in [0.15, 0.2) is 77.6 Å². The lowest BCUT2D eigenvalue weighted by Gasteiger charge is -2.07. The van der Waals surface area contributed by atoms with Gasteiger partial charge in [0.15, 0.2) is 5.65 Å². The van der Waals surface area contributed by atoms with Crippen molar-refractivity contribution in [2.75, 3.05) is 7.11 Å². The number of hydrogen-bond acceptors (Lipinski definition) is 3. The van der Waals surface area contributed by atoms with Gasteiger partial charge in [-0.2, -0.15) is 0 Å². The highest BCUT2D eigenvalue weighted by molar-refractivity contribution is 6.00. The Labute approximate surface area is 167 Å². The second-order valence-corrected chi connectivity index (χ2v) is 7.01. The van der Waals surface area contributed by atoms with Crippen LogP contribution in [0.3, 0.4) is 0 Å². The molecular weight excluding hydrogens is 362 g/mol. The third-order valence-corrected chi connectivity index (χ3v) is 5.24. The molecule has 1 N–H and O–H groups in total. The average molecular weight is 381 g/mol. The largest absolute Gasteiger partial charge is 0.497 e. The van der Waals surface area contributed by atoms with E-state index in [1.807, 2.05) is 49.4 Å². The van der Waals surface area contributed by atoms with Gasteiger partial charge in [0.1, 0.15) is 5.75 Å². The normalized spacial score (nSPS) is 11.2. The van der Waals surface area contributed by atoms with Gasteiger partial charge in [-0.25, -0.2) is 9.50 Å². The van der Waals surface area contributed by atoms with E-state index in [1.165, 1.54) is 4.52 Å². The quantitative estimate of drug-likeness (QED) is 0.487. The number of fused-ring (bicyclic) bond motifs is 2. The van der Waals surface area contributed by atoms with Gasteiger partial charge in [0.25, 0.3) is 5.56 Å². The minimum Gasteiger partial charge on any atom is -0.497 e. The number of aromatic amines is 1. The van der Waals surface area contributed by atoms with Crippen LogP contribution in [0.2, 0.25) is 0 Å². The number of nitrogens with one attached hydrogen (secondary N) is 1. The van der Waals surface area contributed by atoms with Crippen molar-refractivity contribution in [3.63, 3.8) is 0 Å². The smallest absolute Gasteiger partial charge is 0.273 e. The molecule has 0 aliphatic heterocycles. The Bertz CT molecular complexity index is 1410. The molecule has 0 aliphatic rings. The Morgan fingerprint density at radius 3 is 2.52 bits per heavy atom. The van der Waals surface area contributed by atoms with E-state index < -0.39 is 0 Å². The first-order valence-electron chi connectivity index (χ1n) is 9.40. The summed E-state index contributed by atoms with van der Waals surface area (Å²) in [6.45, 7) is 1.97. The number of aryl methyl sites for hydroxylation is 1. The van der Waals surface area contributed by atoms with Crippen LogP contribution >= 0.6 is 0 Å². The first kappa shape index (κ1) is 17.3. The monoisotopic (exact) mass is 381 g/mol. The Morgan fingerprint density at radius 2 is 1.72 bits per heavy atom. The summed E-state index contributed by atoms with van der Waals surface area (Å²) in [6.07, 6.45) is 0. The molecule has 0 unspecified atom stereocenters. The van der Waals surface area contributed by atoms with Gasteiger partial charge in [-0.05, 0) is 47.5 Å². The Balaban J connectivity index is 1.79. The van der Waals surface area contributed by atoms with Crippen molar-refractivity contribution >= 4 is 16.4 Å². The highest BCUT2D eigenvalue weighted by Crippen LogP contribution is 2.33. The molecule has 0 fully saturated rings. The van der Waals surface area contributed by atoms with Crippen LogP contribution in [0.1, 0.15) is 5.69 Å². The number of nitrogens with zero attached hydrogens (tertiary/aromatic N) is 2.